The first-order chi connectivity index (χ1) is 15.1. The van der Waals surface area contributed by atoms with Crippen LogP contribution < -0.4 is 15.5 Å². The maximum atomic E-state index is 12.9. The van der Waals surface area contributed by atoms with Gasteiger partial charge >= 0.3 is 0 Å². The number of benzene rings is 1. The Kier molecular flexibility index (Phi) is 6.99. The van der Waals surface area contributed by atoms with Crippen LogP contribution in [0.1, 0.15) is 53.0 Å². The molecule has 1 amide bonds. The number of H-pyrrole nitrogens is 1. The van der Waals surface area contributed by atoms with Crippen molar-refractivity contribution in [3.8, 4) is 0 Å². The molecule has 166 valence electrons. The lowest BCUT2D eigenvalue weighted by Crippen LogP contribution is -2.44. The second-order valence-corrected chi connectivity index (χ2v) is 8.59. The van der Waals surface area contributed by atoms with Gasteiger partial charge in [0.05, 0.1) is 18.4 Å². The number of hydrogen-bond acceptors (Lipinski definition) is 6. The van der Waals surface area contributed by atoms with Crippen LogP contribution in [0.5, 0.6) is 0 Å². The molecule has 1 saturated heterocycles. The Balaban J connectivity index is 1.37. The number of rotatable bonds is 7. The molecule has 0 atom stereocenters. The number of carbonyl (C=O) groups excluding carboxylic acids is 2. The Labute approximate surface area is 183 Å². The van der Waals surface area contributed by atoms with E-state index in [0.29, 0.717) is 23.0 Å². The number of Topliss-reactive ketones (excluding diaryl/α,β-unsaturated/α-hetero) is 1. The molecule has 8 nitrogen and oxygen atoms in total. The number of aromatic nitrogens is 2. The Bertz CT molecular complexity index is 897. The van der Waals surface area contributed by atoms with Gasteiger partial charge in [0.1, 0.15) is 5.69 Å². The summed E-state index contributed by atoms with van der Waals surface area (Å²) in [6.07, 6.45) is 7.43. The fourth-order valence-corrected chi connectivity index (χ4v) is 4.33. The fourth-order valence-electron chi connectivity index (χ4n) is 4.33. The number of likely N-dealkylation sites (N-methyl/N-ethyl adjacent to an activating group) is 1. The summed E-state index contributed by atoms with van der Waals surface area (Å²) in [5, 5.41) is 12.9. The van der Waals surface area contributed by atoms with E-state index in [0.717, 1.165) is 44.7 Å². The van der Waals surface area contributed by atoms with Crippen LogP contribution >= 0.6 is 0 Å². The number of ketones is 1. The van der Waals surface area contributed by atoms with Crippen LogP contribution in [0, 0.1) is 0 Å². The fraction of sp³-hybridized carbons (Fsp3) is 0.522. The summed E-state index contributed by atoms with van der Waals surface area (Å²) in [5.41, 5.74) is 2.37. The van der Waals surface area contributed by atoms with Crippen molar-refractivity contribution in [2.75, 3.05) is 50.0 Å². The minimum Gasteiger partial charge on any atom is -0.369 e. The van der Waals surface area contributed by atoms with Crippen LogP contribution in [-0.4, -0.2) is 72.6 Å². The number of nitrogens with zero attached hydrogens (tertiary/aromatic N) is 3. The van der Waals surface area contributed by atoms with Gasteiger partial charge in [-0.1, -0.05) is 25.3 Å². The molecule has 4 rings (SSSR count). The molecule has 0 radical (unpaired) electrons. The number of aromatic amines is 1. The second-order valence-electron chi connectivity index (χ2n) is 8.59. The second kappa shape index (κ2) is 10.1. The quantitative estimate of drug-likeness (QED) is 0.592. The molecule has 1 aromatic carbocycles. The predicted molar refractivity (Wildman–Crippen MR) is 122 cm³/mol. The summed E-state index contributed by atoms with van der Waals surface area (Å²) in [6.45, 7) is 4.14. The highest BCUT2D eigenvalue weighted by Gasteiger charge is 2.20. The van der Waals surface area contributed by atoms with Gasteiger partial charge in [0, 0.05) is 43.5 Å². The first kappa shape index (κ1) is 21.5. The van der Waals surface area contributed by atoms with Crippen molar-refractivity contribution in [3.63, 3.8) is 0 Å². The van der Waals surface area contributed by atoms with Gasteiger partial charge in [-0.2, -0.15) is 5.10 Å². The van der Waals surface area contributed by atoms with Gasteiger partial charge in [0.2, 0.25) is 0 Å². The van der Waals surface area contributed by atoms with E-state index in [1.807, 2.05) is 18.2 Å². The SMILES string of the molecule is CN1CCN(c2cccc(C(=O)Nc3cn[nH]c3C(=O)CNC3CCCCC3)c2)CC1. The maximum absolute atomic E-state index is 12.9. The number of amides is 1. The molecule has 3 N–H and O–H groups in total. The standard InChI is InChI=1S/C23H32N6O2/c1-28-10-12-29(13-11-28)19-9-5-6-17(14-19)23(31)26-20-15-25-27-22(20)21(30)16-24-18-7-3-2-4-8-18/h5-6,9,14-15,18,24H,2-4,7-8,10-13,16H2,1H3,(H,25,27)(H,26,31). The summed E-state index contributed by atoms with van der Waals surface area (Å²) in [5.74, 6) is -0.337. The lowest BCUT2D eigenvalue weighted by molar-refractivity contribution is 0.0981. The third-order valence-corrected chi connectivity index (χ3v) is 6.30. The van der Waals surface area contributed by atoms with Crippen LogP contribution in [-0.2, 0) is 0 Å². The van der Waals surface area contributed by atoms with Crippen LogP contribution in [0.3, 0.4) is 0 Å². The first-order valence-electron chi connectivity index (χ1n) is 11.2. The van der Waals surface area contributed by atoms with E-state index in [2.05, 4.69) is 37.7 Å². The minimum atomic E-state index is -0.244. The summed E-state index contributed by atoms with van der Waals surface area (Å²) < 4.78 is 0. The smallest absolute Gasteiger partial charge is 0.255 e. The first-order valence-corrected chi connectivity index (χ1v) is 11.2. The normalized spacial score (nSPS) is 18.2. The molecule has 0 bridgehead atoms. The van der Waals surface area contributed by atoms with Gasteiger partial charge in [-0.3, -0.25) is 14.7 Å². The Hall–Kier alpha value is -2.71. The van der Waals surface area contributed by atoms with Gasteiger partial charge in [-0.15, -0.1) is 0 Å². The Morgan fingerprint density at radius 3 is 2.68 bits per heavy atom. The zero-order chi connectivity index (χ0) is 21.6. The van der Waals surface area contributed by atoms with E-state index < -0.39 is 0 Å². The van der Waals surface area contributed by atoms with Gasteiger partial charge in [-0.05, 0) is 38.1 Å². The zero-order valence-corrected chi connectivity index (χ0v) is 18.2. The molecule has 2 aliphatic rings. The average Bonchev–Trinajstić information content (AvgIpc) is 3.27. The van der Waals surface area contributed by atoms with E-state index in [-0.39, 0.29) is 18.2 Å². The van der Waals surface area contributed by atoms with E-state index >= 15 is 0 Å². The Morgan fingerprint density at radius 1 is 1.13 bits per heavy atom. The van der Waals surface area contributed by atoms with Crippen molar-refractivity contribution in [1.82, 2.24) is 20.4 Å². The number of nitrogens with one attached hydrogen (secondary N) is 3. The Morgan fingerprint density at radius 2 is 1.90 bits per heavy atom. The molecule has 1 aromatic heterocycles. The molecule has 0 unspecified atom stereocenters. The molecule has 1 aliphatic carbocycles. The van der Waals surface area contributed by atoms with Gasteiger partial charge < -0.3 is 20.4 Å². The predicted octanol–water partition coefficient (Wildman–Crippen LogP) is 2.52. The van der Waals surface area contributed by atoms with Crippen molar-refractivity contribution in [1.29, 1.82) is 0 Å². The molecule has 2 aromatic rings. The molecule has 2 heterocycles. The molecule has 31 heavy (non-hydrogen) atoms. The van der Waals surface area contributed by atoms with E-state index in [4.69, 9.17) is 0 Å². The molecular formula is C23H32N6O2. The zero-order valence-electron chi connectivity index (χ0n) is 18.2. The molecule has 2 fully saturated rings. The number of piperazine rings is 1. The lowest BCUT2D eigenvalue weighted by Gasteiger charge is -2.34. The summed E-state index contributed by atoms with van der Waals surface area (Å²) >= 11 is 0. The molecule has 1 aliphatic heterocycles. The van der Waals surface area contributed by atoms with Crippen molar-refractivity contribution in [2.24, 2.45) is 0 Å². The van der Waals surface area contributed by atoms with Crippen molar-refractivity contribution < 1.29 is 9.59 Å². The molecular weight excluding hydrogens is 392 g/mol. The van der Waals surface area contributed by atoms with Crippen molar-refractivity contribution in [2.45, 2.75) is 38.1 Å². The molecule has 0 spiro atoms. The number of carbonyl (C=O) groups is 2. The maximum Gasteiger partial charge on any atom is 0.255 e. The van der Waals surface area contributed by atoms with Gasteiger partial charge in [0.15, 0.2) is 5.78 Å². The van der Waals surface area contributed by atoms with E-state index in [1.165, 1.54) is 25.5 Å². The van der Waals surface area contributed by atoms with Gasteiger partial charge in [0.25, 0.3) is 5.91 Å². The number of hydrogen-bond donors (Lipinski definition) is 3. The third kappa shape index (κ3) is 5.51. The highest BCUT2D eigenvalue weighted by atomic mass is 16.2. The highest BCUT2D eigenvalue weighted by Crippen LogP contribution is 2.21. The van der Waals surface area contributed by atoms with Crippen molar-refractivity contribution >= 4 is 23.1 Å². The summed E-state index contributed by atoms with van der Waals surface area (Å²) in [7, 11) is 2.12. The van der Waals surface area contributed by atoms with Gasteiger partial charge in [-0.25, -0.2) is 0 Å². The van der Waals surface area contributed by atoms with Crippen molar-refractivity contribution in [3.05, 3.63) is 41.7 Å². The highest BCUT2D eigenvalue weighted by molar-refractivity contribution is 6.09. The third-order valence-electron chi connectivity index (χ3n) is 6.30. The van der Waals surface area contributed by atoms with E-state index in [9.17, 15) is 9.59 Å². The average molecular weight is 425 g/mol. The number of anilines is 2. The monoisotopic (exact) mass is 424 g/mol. The lowest BCUT2D eigenvalue weighted by atomic mass is 9.95. The molecule has 8 heteroatoms. The van der Waals surface area contributed by atoms with Crippen LogP contribution in [0.4, 0.5) is 11.4 Å². The largest absolute Gasteiger partial charge is 0.369 e. The summed E-state index contributed by atoms with van der Waals surface area (Å²) in [6, 6.07) is 8.04. The minimum absolute atomic E-state index is 0.0930. The molecule has 1 saturated carbocycles. The summed E-state index contributed by atoms with van der Waals surface area (Å²) in [4.78, 5) is 30.1. The van der Waals surface area contributed by atoms with Crippen LogP contribution in [0.25, 0.3) is 0 Å². The topological polar surface area (TPSA) is 93.4 Å². The van der Waals surface area contributed by atoms with Crippen LogP contribution in [0.2, 0.25) is 0 Å². The van der Waals surface area contributed by atoms with Crippen LogP contribution in [0.15, 0.2) is 30.5 Å². The van der Waals surface area contributed by atoms with E-state index in [1.54, 1.807) is 6.07 Å².